The Morgan fingerprint density at radius 1 is 0.743 bits per heavy atom. The number of para-hydroxylation sites is 1. The van der Waals surface area contributed by atoms with Crippen LogP contribution in [0.25, 0.3) is 22.3 Å². The Bertz CT molecular complexity index is 1390. The third-order valence-corrected chi connectivity index (χ3v) is 6.14. The van der Waals surface area contributed by atoms with Crippen LogP contribution in [-0.2, 0) is 0 Å². The highest BCUT2D eigenvalue weighted by Gasteiger charge is 2.20. The lowest BCUT2D eigenvalue weighted by molar-refractivity contribution is 0.107. The lowest BCUT2D eigenvalue weighted by Gasteiger charge is -2.16. The molecule has 0 unspecified atom stereocenters. The molecule has 1 N–H and O–H groups in total. The summed E-state index contributed by atoms with van der Waals surface area (Å²) in [5.74, 6) is 0.285. The van der Waals surface area contributed by atoms with E-state index in [2.05, 4.69) is 44.8 Å². The van der Waals surface area contributed by atoms with Gasteiger partial charge in [-0.2, -0.15) is 0 Å². The number of aromatic amines is 1. The van der Waals surface area contributed by atoms with Crippen molar-refractivity contribution in [1.82, 2.24) is 4.98 Å². The Morgan fingerprint density at radius 2 is 1.26 bits per heavy atom. The number of H-pyrrole nitrogens is 1. The fourth-order valence-electron chi connectivity index (χ4n) is 4.36. The summed E-state index contributed by atoms with van der Waals surface area (Å²) in [6.07, 6.45) is 2.89. The van der Waals surface area contributed by atoms with Gasteiger partial charge in [-0.15, -0.1) is 0 Å². The number of nitrogens with one attached hydrogen (secondary N) is 1. The van der Waals surface area contributed by atoms with Crippen LogP contribution < -0.4 is 5.56 Å². The van der Waals surface area contributed by atoms with Crippen LogP contribution in [0.5, 0.6) is 0 Å². The van der Waals surface area contributed by atoms with E-state index >= 15 is 0 Å². The van der Waals surface area contributed by atoms with Gasteiger partial charge in [-0.3, -0.25) is 14.6 Å². The van der Waals surface area contributed by atoms with Crippen LogP contribution in [0.3, 0.4) is 0 Å². The number of aromatic nitrogens is 1. The molecule has 4 heteroatoms. The summed E-state index contributed by atoms with van der Waals surface area (Å²) in [6, 6.07) is 25.2. The van der Waals surface area contributed by atoms with E-state index in [-0.39, 0.29) is 23.2 Å². The summed E-state index contributed by atoms with van der Waals surface area (Å²) in [5, 5.41) is 0. The van der Waals surface area contributed by atoms with Gasteiger partial charge in [0.1, 0.15) is 0 Å². The van der Waals surface area contributed by atoms with Crippen LogP contribution in [0, 0.1) is 0 Å². The quantitative estimate of drug-likeness (QED) is 0.228. The third-order valence-electron chi connectivity index (χ3n) is 6.14. The van der Waals surface area contributed by atoms with E-state index < -0.39 is 0 Å². The van der Waals surface area contributed by atoms with Gasteiger partial charge < -0.3 is 4.98 Å². The minimum Gasteiger partial charge on any atom is -0.328 e. The number of hydrogen-bond acceptors (Lipinski definition) is 3. The molecule has 0 atom stereocenters. The van der Waals surface area contributed by atoms with E-state index in [9.17, 15) is 9.59 Å². The molecule has 4 nitrogen and oxygen atoms in total. The Labute approximate surface area is 206 Å². The van der Waals surface area contributed by atoms with E-state index in [1.54, 1.807) is 0 Å². The SMILES string of the molecule is CC(C)c1cccc(C(C)C)c1N=CC(=O)c1c[nH]c(=O)c(-c2ccccc2)c1-c1ccccc1. The van der Waals surface area contributed by atoms with Gasteiger partial charge in [0.15, 0.2) is 0 Å². The maximum atomic E-state index is 13.6. The van der Waals surface area contributed by atoms with Crippen LogP contribution >= 0.6 is 0 Å². The monoisotopic (exact) mass is 462 g/mol. The zero-order valence-corrected chi connectivity index (χ0v) is 20.6. The zero-order chi connectivity index (χ0) is 24.9. The standard InChI is InChI=1S/C31H30N2O2/c1-20(2)24-16-11-17-25(21(3)4)30(24)32-19-27(34)26-18-33-31(35)29(23-14-9-6-10-15-23)28(26)22-12-7-5-8-13-22/h5-21H,1-4H3,(H,33,35). The maximum Gasteiger partial charge on any atom is 0.256 e. The van der Waals surface area contributed by atoms with Gasteiger partial charge in [-0.25, -0.2) is 0 Å². The predicted molar refractivity (Wildman–Crippen MR) is 145 cm³/mol. The molecule has 0 bridgehead atoms. The molecule has 1 aromatic heterocycles. The second kappa shape index (κ2) is 10.5. The van der Waals surface area contributed by atoms with Crippen LogP contribution in [0.15, 0.2) is 94.8 Å². The van der Waals surface area contributed by atoms with E-state index in [1.165, 1.54) is 12.4 Å². The number of pyridine rings is 1. The zero-order valence-electron chi connectivity index (χ0n) is 20.6. The first-order valence-electron chi connectivity index (χ1n) is 12.0. The van der Waals surface area contributed by atoms with Gasteiger partial charge in [0.25, 0.3) is 5.56 Å². The molecular formula is C31H30N2O2. The van der Waals surface area contributed by atoms with Crippen molar-refractivity contribution >= 4 is 17.7 Å². The molecule has 0 aliphatic rings. The molecule has 1 heterocycles. The number of carbonyl (C=O) groups excluding carboxylic acids is 1. The lowest BCUT2D eigenvalue weighted by Crippen LogP contribution is -2.15. The van der Waals surface area contributed by atoms with Crippen molar-refractivity contribution in [2.45, 2.75) is 39.5 Å². The summed E-state index contributed by atoms with van der Waals surface area (Å²) in [4.78, 5) is 34.1. The number of nitrogens with zero attached hydrogens (tertiary/aromatic N) is 1. The van der Waals surface area contributed by atoms with Crippen molar-refractivity contribution in [3.8, 4) is 22.3 Å². The number of rotatable bonds is 7. The minimum atomic E-state index is -0.259. The first kappa shape index (κ1) is 24.1. The average molecular weight is 463 g/mol. The summed E-state index contributed by atoms with van der Waals surface area (Å²) in [6.45, 7) is 8.51. The lowest BCUT2D eigenvalue weighted by atomic mass is 9.91. The first-order valence-corrected chi connectivity index (χ1v) is 12.0. The third kappa shape index (κ3) is 5.07. The highest BCUT2D eigenvalue weighted by atomic mass is 16.1. The normalized spacial score (nSPS) is 11.5. The molecule has 0 radical (unpaired) electrons. The molecule has 0 aliphatic carbocycles. The summed E-state index contributed by atoms with van der Waals surface area (Å²) >= 11 is 0. The van der Waals surface area contributed by atoms with Crippen LogP contribution in [0.1, 0.15) is 61.0 Å². The molecule has 35 heavy (non-hydrogen) atoms. The number of benzene rings is 3. The van der Waals surface area contributed by atoms with Gasteiger partial charge in [0.2, 0.25) is 5.78 Å². The van der Waals surface area contributed by atoms with E-state index in [0.29, 0.717) is 16.7 Å². The average Bonchev–Trinajstić information content (AvgIpc) is 2.87. The number of aliphatic imine (C=N–C) groups is 1. The molecule has 0 saturated carbocycles. The fourth-order valence-corrected chi connectivity index (χ4v) is 4.36. The number of hydrogen-bond donors (Lipinski definition) is 1. The van der Waals surface area contributed by atoms with Crippen molar-refractivity contribution in [1.29, 1.82) is 0 Å². The largest absolute Gasteiger partial charge is 0.328 e. The van der Waals surface area contributed by atoms with Gasteiger partial charge >= 0.3 is 0 Å². The number of carbonyl (C=O) groups is 1. The van der Waals surface area contributed by atoms with Crippen molar-refractivity contribution in [3.63, 3.8) is 0 Å². The minimum absolute atomic E-state index is 0.240. The van der Waals surface area contributed by atoms with Crippen molar-refractivity contribution in [2.75, 3.05) is 0 Å². The number of Topliss-reactive ketones (excluding diaryl/α,β-unsaturated/α-hetero) is 1. The molecule has 4 aromatic rings. The second-order valence-electron chi connectivity index (χ2n) is 9.23. The molecule has 0 fully saturated rings. The highest BCUT2D eigenvalue weighted by molar-refractivity contribution is 6.37. The number of ketones is 1. The van der Waals surface area contributed by atoms with Gasteiger partial charge in [-0.05, 0) is 34.1 Å². The van der Waals surface area contributed by atoms with E-state index in [0.717, 1.165) is 27.9 Å². The van der Waals surface area contributed by atoms with E-state index in [1.807, 2.05) is 66.7 Å². The Hall–Kier alpha value is -4.05. The van der Waals surface area contributed by atoms with Gasteiger partial charge in [0, 0.05) is 17.3 Å². The predicted octanol–water partition coefficient (Wildman–Crippen LogP) is 7.54. The van der Waals surface area contributed by atoms with Crippen molar-refractivity contribution in [2.24, 2.45) is 4.99 Å². The molecule has 0 amide bonds. The van der Waals surface area contributed by atoms with Gasteiger partial charge in [-0.1, -0.05) is 107 Å². The Morgan fingerprint density at radius 3 is 1.77 bits per heavy atom. The first-order chi connectivity index (χ1) is 16.9. The molecule has 0 aliphatic heterocycles. The van der Waals surface area contributed by atoms with Crippen LogP contribution in [0.4, 0.5) is 5.69 Å². The van der Waals surface area contributed by atoms with Crippen LogP contribution in [0.2, 0.25) is 0 Å². The summed E-state index contributed by atoms with van der Waals surface area (Å²) < 4.78 is 0. The van der Waals surface area contributed by atoms with Gasteiger partial charge in [0.05, 0.1) is 17.5 Å². The fraction of sp³-hybridized carbons (Fsp3) is 0.194. The van der Waals surface area contributed by atoms with Crippen molar-refractivity contribution < 1.29 is 4.79 Å². The highest BCUT2D eigenvalue weighted by Crippen LogP contribution is 2.35. The second-order valence-corrected chi connectivity index (χ2v) is 9.23. The maximum absolute atomic E-state index is 13.6. The summed E-state index contributed by atoms with van der Waals surface area (Å²) in [5.41, 5.74) is 5.87. The Kier molecular flexibility index (Phi) is 7.21. The topological polar surface area (TPSA) is 62.3 Å². The molecule has 0 saturated heterocycles. The van der Waals surface area contributed by atoms with E-state index in [4.69, 9.17) is 4.99 Å². The molecule has 3 aromatic carbocycles. The smallest absolute Gasteiger partial charge is 0.256 e. The van der Waals surface area contributed by atoms with Crippen molar-refractivity contribution in [3.05, 3.63) is 112 Å². The molecule has 176 valence electrons. The molecule has 4 rings (SSSR count). The Balaban J connectivity index is 1.89. The summed E-state index contributed by atoms with van der Waals surface area (Å²) in [7, 11) is 0. The molecular weight excluding hydrogens is 432 g/mol. The molecule has 0 spiro atoms. The van der Waals surface area contributed by atoms with Crippen LogP contribution in [-0.4, -0.2) is 17.0 Å².